The molecule has 0 amide bonds. The van der Waals surface area contributed by atoms with Gasteiger partial charge < -0.3 is 9.84 Å². The topological polar surface area (TPSA) is 72.3 Å². The first-order valence-electron chi connectivity index (χ1n) is 5.59. The maximum absolute atomic E-state index is 13.6. The van der Waals surface area contributed by atoms with Crippen LogP contribution in [0.15, 0.2) is 30.7 Å². The molecule has 5 nitrogen and oxygen atoms in total. The summed E-state index contributed by atoms with van der Waals surface area (Å²) in [6.45, 7) is 2.06. The van der Waals surface area contributed by atoms with E-state index in [1.807, 2.05) is 0 Å². The van der Waals surface area contributed by atoms with E-state index in [0.29, 0.717) is 6.61 Å². The standard InChI is InChI=1S/C13H11FN2O3/c1-2-19-12-7-16-11(5-9(12)13(17)18)8-3-4-15-6-10(8)14/h3-7H,2H2,1H3,(H,17,18). The summed E-state index contributed by atoms with van der Waals surface area (Å²) >= 11 is 0. The van der Waals surface area contributed by atoms with Crippen LogP contribution in [0.2, 0.25) is 0 Å². The molecule has 0 bridgehead atoms. The van der Waals surface area contributed by atoms with Crippen LogP contribution in [-0.4, -0.2) is 27.7 Å². The number of aromatic nitrogens is 2. The summed E-state index contributed by atoms with van der Waals surface area (Å²) in [4.78, 5) is 18.8. The maximum Gasteiger partial charge on any atom is 0.339 e. The van der Waals surface area contributed by atoms with E-state index in [2.05, 4.69) is 9.97 Å². The van der Waals surface area contributed by atoms with Crippen molar-refractivity contribution >= 4 is 5.97 Å². The fourth-order valence-electron chi connectivity index (χ4n) is 1.61. The fraction of sp³-hybridized carbons (Fsp3) is 0.154. The molecule has 0 aliphatic heterocycles. The molecule has 6 heteroatoms. The van der Waals surface area contributed by atoms with Crippen LogP contribution in [-0.2, 0) is 0 Å². The molecule has 0 fully saturated rings. The highest BCUT2D eigenvalue weighted by molar-refractivity contribution is 5.92. The van der Waals surface area contributed by atoms with Crippen LogP contribution in [0.1, 0.15) is 17.3 Å². The third kappa shape index (κ3) is 2.67. The lowest BCUT2D eigenvalue weighted by Crippen LogP contribution is -2.04. The monoisotopic (exact) mass is 262 g/mol. The highest BCUT2D eigenvalue weighted by Crippen LogP contribution is 2.25. The van der Waals surface area contributed by atoms with Crippen molar-refractivity contribution in [2.75, 3.05) is 6.61 Å². The molecule has 0 unspecified atom stereocenters. The Bertz CT molecular complexity index is 617. The minimum Gasteiger partial charge on any atom is -0.491 e. The molecule has 2 aromatic rings. The second-order valence-corrected chi connectivity index (χ2v) is 3.66. The number of carboxylic acid groups (broad SMARTS) is 1. The van der Waals surface area contributed by atoms with Gasteiger partial charge in [0.1, 0.15) is 5.56 Å². The van der Waals surface area contributed by atoms with Crippen molar-refractivity contribution in [1.82, 2.24) is 9.97 Å². The second kappa shape index (κ2) is 5.43. The normalized spacial score (nSPS) is 10.2. The van der Waals surface area contributed by atoms with E-state index < -0.39 is 11.8 Å². The molecule has 2 rings (SSSR count). The summed E-state index contributed by atoms with van der Waals surface area (Å²) in [6, 6.07) is 2.72. The Labute approximate surface area is 108 Å². The zero-order valence-corrected chi connectivity index (χ0v) is 10.1. The Morgan fingerprint density at radius 3 is 2.89 bits per heavy atom. The zero-order chi connectivity index (χ0) is 13.8. The molecule has 1 N–H and O–H groups in total. The number of halogens is 1. The lowest BCUT2D eigenvalue weighted by molar-refractivity contribution is 0.0692. The number of pyridine rings is 2. The van der Waals surface area contributed by atoms with Gasteiger partial charge in [-0.1, -0.05) is 0 Å². The van der Waals surface area contributed by atoms with Gasteiger partial charge in [0.25, 0.3) is 0 Å². The van der Waals surface area contributed by atoms with Crippen molar-refractivity contribution in [3.8, 4) is 17.0 Å². The second-order valence-electron chi connectivity index (χ2n) is 3.66. The maximum atomic E-state index is 13.6. The van der Waals surface area contributed by atoms with Gasteiger partial charge in [-0.25, -0.2) is 9.18 Å². The molecule has 0 radical (unpaired) electrons. The number of rotatable bonds is 4. The van der Waals surface area contributed by atoms with Gasteiger partial charge in [0.05, 0.1) is 24.7 Å². The average molecular weight is 262 g/mol. The summed E-state index contributed by atoms with van der Waals surface area (Å²) in [5.74, 6) is -1.55. The summed E-state index contributed by atoms with van der Waals surface area (Å²) in [5, 5.41) is 9.12. The first kappa shape index (κ1) is 12.9. The largest absolute Gasteiger partial charge is 0.491 e. The van der Waals surface area contributed by atoms with E-state index in [-0.39, 0.29) is 22.6 Å². The Hall–Kier alpha value is -2.50. The zero-order valence-electron chi connectivity index (χ0n) is 10.1. The van der Waals surface area contributed by atoms with Gasteiger partial charge in [-0.15, -0.1) is 0 Å². The minimum absolute atomic E-state index is 0.0527. The predicted octanol–water partition coefficient (Wildman–Crippen LogP) is 2.38. The Morgan fingerprint density at radius 2 is 2.26 bits per heavy atom. The predicted molar refractivity (Wildman–Crippen MR) is 65.6 cm³/mol. The summed E-state index contributed by atoms with van der Waals surface area (Å²) in [7, 11) is 0. The van der Waals surface area contributed by atoms with Crippen LogP contribution in [0.3, 0.4) is 0 Å². The lowest BCUT2D eigenvalue weighted by atomic mass is 10.1. The number of hydrogen-bond donors (Lipinski definition) is 1. The third-order valence-corrected chi connectivity index (χ3v) is 2.45. The molecule has 2 heterocycles. The highest BCUT2D eigenvalue weighted by Gasteiger charge is 2.15. The molecule has 0 atom stereocenters. The van der Waals surface area contributed by atoms with E-state index in [9.17, 15) is 9.18 Å². The van der Waals surface area contributed by atoms with Crippen LogP contribution < -0.4 is 4.74 Å². The number of carboxylic acids is 1. The molecule has 98 valence electrons. The van der Waals surface area contributed by atoms with E-state index in [1.165, 1.54) is 24.5 Å². The SMILES string of the molecule is CCOc1cnc(-c2ccncc2F)cc1C(=O)O. The molecule has 0 aliphatic carbocycles. The molecule has 2 aromatic heterocycles. The van der Waals surface area contributed by atoms with Gasteiger partial charge in [-0.2, -0.15) is 0 Å². The van der Waals surface area contributed by atoms with Gasteiger partial charge in [0.15, 0.2) is 11.6 Å². The van der Waals surface area contributed by atoms with Crippen molar-refractivity contribution in [3.63, 3.8) is 0 Å². The lowest BCUT2D eigenvalue weighted by Gasteiger charge is -2.08. The summed E-state index contributed by atoms with van der Waals surface area (Å²) < 4.78 is 18.7. The average Bonchev–Trinajstić information content (AvgIpc) is 2.40. The van der Waals surface area contributed by atoms with E-state index >= 15 is 0 Å². The number of carbonyl (C=O) groups is 1. The van der Waals surface area contributed by atoms with Crippen molar-refractivity contribution in [3.05, 3.63) is 42.1 Å². The van der Waals surface area contributed by atoms with E-state index in [4.69, 9.17) is 9.84 Å². The van der Waals surface area contributed by atoms with Crippen LogP contribution >= 0.6 is 0 Å². The van der Waals surface area contributed by atoms with Crippen LogP contribution in [0.25, 0.3) is 11.3 Å². The molecule has 0 aromatic carbocycles. The van der Waals surface area contributed by atoms with Crippen molar-refractivity contribution in [1.29, 1.82) is 0 Å². The van der Waals surface area contributed by atoms with Gasteiger partial charge in [0, 0.05) is 11.8 Å². The minimum atomic E-state index is -1.15. The molecule has 0 aliphatic rings. The molecule has 0 saturated heterocycles. The third-order valence-electron chi connectivity index (χ3n) is 2.45. The first-order valence-corrected chi connectivity index (χ1v) is 5.59. The summed E-state index contributed by atoms with van der Waals surface area (Å²) in [6.07, 6.45) is 3.74. The van der Waals surface area contributed by atoms with Crippen molar-refractivity contribution in [2.45, 2.75) is 6.92 Å². The van der Waals surface area contributed by atoms with Crippen LogP contribution in [0.5, 0.6) is 5.75 Å². The van der Waals surface area contributed by atoms with E-state index in [1.54, 1.807) is 6.92 Å². The Kier molecular flexibility index (Phi) is 3.70. The van der Waals surface area contributed by atoms with Crippen LogP contribution in [0.4, 0.5) is 4.39 Å². The van der Waals surface area contributed by atoms with Gasteiger partial charge in [0.2, 0.25) is 0 Å². The quantitative estimate of drug-likeness (QED) is 0.915. The summed E-state index contributed by atoms with van der Waals surface area (Å²) in [5.41, 5.74) is 0.365. The number of hydrogen-bond acceptors (Lipinski definition) is 4. The number of nitrogens with zero attached hydrogens (tertiary/aromatic N) is 2. The molecule has 19 heavy (non-hydrogen) atoms. The molecule has 0 saturated carbocycles. The first-order chi connectivity index (χ1) is 9.13. The molecule has 0 spiro atoms. The van der Waals surface area contributed by atoms with Gasteiger partial charge >= 0.3 is 5.97 Å². The molecular weight excluding hydrogens is 251 g/mol. The Balaban J connectivity index is 2.52. The van der Waals surface area contributed by atoms with E-state index in [0.717, 1.165) is 6.20 Å². The van der Waals surface area contributed by atoms with Gasteiger partial charge in [-0.3, -0.25) is 9.97 Å². The number of aromatic carboxylic acids is 1. The van der Waals surface area contributed by atoms with Crippen LogP contribution in [0, 0.1) is 5.82 Å². The van der Waals surface area contributed by atoms with Crippen molar-refractivity contribution in [2.24, 2.45) is 0 Å². The molecular formula is C13H11FN2O3. The number of ether oxygens (including phenoxy) is 1. The highest BCUT2D eigenvalue weighted by atomic mass is 19.1. The van der Waals surface area contributed by atoms with Gasteiger partial charge in [-0.05, 0) is 19.1 Å². The Morgan fingerprint density at radius 1 is 1.47 bits per heavy atom. The smallest absolute Gasteiger partial charge is 0.339 e. The van der Waals surface area contributed by atoms with Crippen molar-refractivity contribution < 1.29 is 19.0 Å². The fourth-order valence-corrected chi connectivity index (χ4v) is 1.61.